The Labute approximate surface area is 442 Å². The van der Waals surface area contributed by atoms with Gasteiger partial charge in [0, 0.05) is 19.3 Å². The Hall–Kier alpha value is -3.84. The molecule has 6 unspecified atom stereocenters. The Morgan fingerprint density at radius 2 is 0.904 bits per heavy atom. The van der Waals surface area contributed by atoms with Crippen molar-refractivity contribution in [3.05, 3.63) is 72.9 Å². The first kappa shape index (κ1) is 67.2. The SMILES string of the molecule is CC/C=C\C/C=C\C/C=C\C/C=C\CCC(=O)OC1C(OCC(COC(=O)CCCCCCCCCCC/C=C\CCCCCCCC)OC(=O)CCCCCCC/C=C\CCCC)OC(C(=O)O)C(O)C1O. The largest absolute Gasteiger partial charge is 0.479 e. The number of rotatable bonds is 48. The van der Waals surface area contributed by atoms with Gasteiger partial charge in [0.1, 0.15) is 18.8 Å². The molecule has 12 heteroatoms. The lowest BCUT2D eigenvalue weighted by atomic mass is 9.98. The Kier molecular flexibility index (Phi) is 45.1. The van der Waals surface area contributed by atoms with Gasteiger partial charge in [-0.2, -0.15) is 0 Å². The third kappa shape index (κ3) is 39.3. The minimum atomic E-state index is -1.93. The number of hydrogen-bond acceptors (Lipinski definition) is 11. The first-order valence-electron chi connectivity index (χ1n) is 28.9. The van der Waals surface area contributed by atoms with Crippen molar-refractivity contribution < 1.29 is 58.2 Å². The Balaban J connectivity index is 2.69. The molecule has 418 valence electrons. The van der Waals surface area contributed by atoms with E-state index >= 15 is 0 Å². The molecule has 12 nitrogen and oxygen atoms in total. The summed E-state index contributed by atoms with van der Waals surface area (Å²) >= 11 is 0. The van der Waals surface area contributed by atoms with E-state index in [2.05, 4.69) is 75.5 Å². The van der Waals surface area contributed by atoms with Crippen molar-refractivity contribution in [1.29, 1.82) is 0 Å². The Morgan fingerprint density at radius 1 is 0.466 bits per heavy atom. The molecule has 0 bridgehead atoms. The number of aliphatic hydroxyl groups is 2. The normalized spacial score (nSPS) is 18.8. The van der Waals surface area contributed by atoms with Crippen LogP contribution in [0.3, 0.4) is 0 Å². The van der Waals surface area contributed by atoms with Crippen molar-refractivity contribution in [3.63, 3.8) is 0 Å². The van der Waals surface area contributed by atoms with Crippen molar-refractivity contribution in [1.82, 2.24) is 0 Å². The van der Waals surface area contributed by atoms with E-state index in [-0.39, 0.29) is 25.9 Å². The van der Waals surface area contributed by atoms with Crippen LogP contribution in [0.25, 0.3) is 0 Å². The van der Waals surface area contributed by atoms with E-state index in [1.807, 2.05) is 18.2 Å². The summed E-state index contributed by atoms with van der Waals surface area (Å²) in [5.74, 6) is -3.24. The van der Waals surface area contributed by atoms with E-state index in [1.54, 1.807) is 0 Å². The molecule has 0 aromatic heterocycles. The third-order valence-electron chi connectivity index (χ3n) is 12.8. The number of hydrogen-bond donors (Lipinski definition) is 3. The maximum Gasteiger partial charge on any atom is 0.335 e. The topological polar surface area (TPSA) is 175 Å². The fourth-order valence-electron chi connectivity index (χ4n) is 8.30. The van der Waals surface area contributed by atoms with E-state index in [1.165, 1.54) is 96.3 Å². The van der Waals surface area contributed by atoms with Gasteiger partial charge < -0.3 is 39.0 Å². The van der Waals surface area contributed by atoms with Gasteiger partial charge in [-0.25, -0.2) is 4.79 Å². The van der Waals surface area contributed by atoms with E-state index in [0.29, 0.717) is 25.7 Å². The van der Waals surface area contributed by atoms with Crippen LogP contribution in [0, 0.1) is 0 Å². The lowest BCUT2D eigenvalue weighted by Crippen LogP contribution is -2.61. The molecule has 0 aromatic carbocycles. The van der Waals surface area contributed by atoms with Crippen molar-refractivity contribution >= 4 is 23.9 Å². The van der Waals surface area contributed by atoms with Crippen LogP contribution in [0.2, 0.25) is 0 Å². The number of carboxylic acid groups (broad SMARTS) is 1. The summed E-state index contributed by atoms with van der Waals surface area (Å²) in [5.41, 5.74) is 0. The van der Waals surface area contributed by atoms with Crippen molar-refractivity contribution in [2.24, 2.45) is 0 Å². The third-order valence-corrected chi connectivity index (χ3v) is 12.8. The summed E-state index contributed by atoms with van der Waals surface area (Å²) in [6.45, 7) is 5.78. The number of unbranched alkanes of at least 4 members (excludes halogenated alkanes) is 22. The second-order valence-corrected chi connectivity index (χ2v) is 19.5. The first-order valence-corrected chi connectivity index (χ1v) is 28.9. The Bertz CT molecular complexity index is 1550. The van der Waals surface area contributed by atoms with Crippen LogP contribution < -0.4 is 0 Å². The summed E-state index contributed by atoms with van der Waals surface area (Å²) in [5, 5.41) is 31.4. The maximum atomic E-state index is 13.1. The van der Waals surface area contributed by atoms with E-state index in [4.69, 9.17) is 23.7 Å². The van der Waals surface area contributed by atoms with Gasteiger partial charge in [0.15, 0.2) is 24.6 Å². The maximum absolute atomic E-state index is 13.1. The summed E-state index contributed by atoms with van der Waals surface area (Å²) in [6.07, 6.45) is 49.0. The summed E-state index contributed by atoms with van der Waals surface area (Å²) in [7, 11) is 0. The smallest absolute Gasteiger partial charge is 0.335 e. The zero-order valence-electron chi connectivity index (χ0n) is 45.9. The fourth-order valence-corrected chi connectivity index (χ4v) is 8.30. The zero-order valence-corrected chi connectivity index (χ0v) is 45.9. The van der Waals surface area contributed by atoms with Crippen LogP contribution >= 0.6 is 0 Å². The van der Waals surface area contributed by atoms with E-state index < -0.39 is 67.3 Å². The van der Waals surface area contributed by atoms with Gasteiger partial charge in [-0.1, -0.05) is 203 Å². The van der Waals surface area contributed by atoms with Gasteiger partial charge in [0.25, 0.3) is 0 Å². The minimum Gasteiger partial charge on any atom is -0.479 e. The molecule has 0 spiro atoms. The second-order valence-electron chi connectivity index (χ2n) is 19.5. The molecule has 1 aliphatic rings. The number of allylic oxidation sites excluding steroid dienone is 12. The monoisotopic (exact) mass is 1030 g/mol. The average molecular weight is 1030 g/mol. The lowest BCUT2D eigenvalue weighted by Gasteiger charge is -2.40. The molecule has 1 heterocycles. The molecule has 3 N–H and O–H groups in total. The quantitative estimate of drug-likeness (QED) is 0.0228. The molecule has 0 amide bonds. The van der Waals surface area contributed by atoms with Crippen LogP contribution in [0.15, 0.2) is 72.9 Å². The molecule has 1 saturated heterocycles. The molecule has 0 radical (unpaired) electrons. The lowest BCUT2D eigenvalue weighted by molar-refractivity contribution is -0.301. The standard InChI is InChI=1S/C61H102O12/c1-4-7-10-13-16-19-22-24-25-26-27-28-29-31-33-35-38-41-44-47-53(62)69-50-52(71-54(63)48-45-42-39-36-32-21-18-15-12-9-6-3)51-70-61-59(57(66)56(65)58(73-61)60(67)68)72-55(64)49-46-43-40-37-34-30-23-20-17-14-11-8-5-2/h8,11,15,17-18,20,24-25,30,34,40,43,52,56-59,61,65-66H,4-7,9-10,12-14,16,19,21-23,26-29,31-33,35-39,41-42,44-51H2,1-3H3,(H,67,68)/b11-8-,18-15-,20-17-,25-24-,34-30-,43-40-. The number of carbonyl (C=O) groups excluding carboxylic acids is 3. The van der Waals surface area contributed by atoms with Gasteiger partial charge >= 0.3 is 23.9 Å². The van der Waals surface area contributed by atoms with Crippen LogP contribution in [0.5, 0.6) is 0 Å². The Morgan fingerprint density at radius 3 is 1.41 bits per heavy atom. The molecular weight excluding hydrogens is 925 g/mol. The summed E-state index contributed by atoms with van der Waals surface area (Å²) in [4.78, 5) is 50.9. The van der Waals surface area contributed by atoms with Gasteiger partial charge in [-0.05, 0) is 89.9 Å². The second kappa shape index (κ2) is 49.1. The van der Waals surface area contributed by atoms with E-state index in [0.717, 1.165) is 77.0 Å². The van der Waals surface area contributed by atoms with Crippen LogP contribution in [-0.4, -0.2) is 89.2 Å². The highest BCUT2D eigenvalue weighted by atomic mass is 16.7. The van der Waals surface area contributed by atoms with Crippen LogP contribution in [0.1, 0.15) is 239 Å². The van der Waals surface area contributed by atoms with Gasteiger partial charge in [0.2, 0.25) is 0 Å². The molecular formula is C61H102O12. The van der Waals surface area contributed by atoms with Crippen LogP contribution in [-0.2, 0) is 42.9 Å². The highest BCUT2D eigenvalue weighted by Gasteiger charge is 2.50. The van der Waals surface area contributed by atoms with Crippen molar-refractivity contribution in [2.75, 3.05) is 13.2 Å². The number of aliphatic hydroxyl groups excluding tert-OH is 2. The molecule has 73 heavy (non-hydrogen) atoms. The molecule has 1 fully saturated rings. The molecule has 0 aromatic rings. The van der Waals surface area contributed by atoms with Gasteiger partial charge in [-0.3, -0.25) is 14.4 Å². The number of aliphatic carboxylic acids is 1. The number of ether oxygens (including phenoxy) is 5. The molecule has 1 rings (SSSR count). The summed E-state index contributed by atoms with van der Waals surface area (Å²) in [6, 6.07) is 0. The molecule has 0 saturated carbocycles. The highest BCUT2D eigenvalue weighted by molar-refractivity contribution is 5.74. The van der Waals surface area contributed by atoms with Crippen LogP contribution in [0.4, 0.5) is 0 Å². The fraction of sp³-hybridized carbons (Fsp3) is 0.738. The van der Waals surface area contributed by atoms with E-state index in [9.17, 15) is 34.5 Å². The number of carboxylic acids is 1. The molecule has 6 atom stereocenters. The van der Waals surface area contributed by atoms with Gasteiger partial charge in [0.05, 0.1) is 6.61 Å². The first-order chi connectivity index (χ1) is 35.6. The van der Waals surface area contributed by atoms with Crippen molar-refractivity contribution in [3.8, 4) is 0 Å². The number of carbonyl (C=O) groups is 4. The van der Waals surface area contributed by atoms with Crippen molar-refractivity contribution in [2.45, 2.75) is 276 Å². The highest BCUT2D eigenvalue weighted by Crippen LogP contribution is 2.26. The zero-order chi connectivity index (χ0) is 53.3. The molecule has 1 aliphatic heterocycles. The predicted octanol–water partition coefficient (Wildman–Crippen LogP) is 14.6. The average Bonchev–Trinajstić information content (AvgIpc) is 3.37. The minimum absolute atomic E-state index is 0.0629. The van der Waals surface area contributed by atoms with Gasteiger partial charge in [-0.15, -0.1) is 0 Å². The molecule has 0 aliphatic carbocycles. The number of esters is 3. The predicted molar refractivity (Wildman–Crippen MR) is 294 cm³/mol. The summed E-state index contributed by atoms with van der Waals surface area (Å²) < 4.78 is 28.3.